The molecule has 0 unspecified atom stereocenters. The molecule has 4 saturated carbocycles. The normalized spacial score (nSPS) is 44.7. The Morgan fingerprint density at radius 1 is 1.10 bits per heavy atom. The van der Waals surface area contributed by atoms with E-state index in [-0.39, 0.29) is 11.5 Å². The molecule has 1 N–H and O–H groups in total. The van der Waals surface area contributed by atoms with Gasteiger partial charge in [-0.15, -0.1) is 0 Å². The van der Waals surface area contributed by atoms with Crippen LogP contribution in [0.2, 0.25) is 0 Å². The minimum absolute atomic E-state index is 0.0953. The maximum Gasteiger partial charge on any atom is 0.165 e. The van der Waals surface area contributed by atoms with Gasteiger partial charge in [0.2, 0.25) is 0 Å². The summed E-state index contributed by atoms with van der Waals surface area (Å²) in [7, 11) is 1.98. The molecule has 0 spiro atoms. The van der Waals surface area contributed by atoms with Crippen molar-refractivity contribution in [2.45, 2.75) is 85.2 Å². The lowest BCUT2D eigenvalue weighted by atomic mass is 9.45. The number of carbonyl (C=O) groups is 1. The maximum absolute atomic E-state index is 13.6. The van der Waals surface area contributed by atoms with Crippen LogP contribution in [0, 0.1) is 48.3 Å². The Bertz CT molecular complexity index is 914. The quantitative estimate of drug-likeness (QED) is 0.663. The van der Waals surface area contributed by atoms with Gasteiger partial charge in [-0.25, -0.2) is 0 Å². The molecule has 4 aliphatic rings. The minimum Gasteiger partial charge on any atom is -0.393 e. The summed E-state index contributed by atoms with van der Waals surface area (Å²) in [6.07, 6.45) is 10.8. The van der Waals surface area contributed by atoms with E-state index in [4.69, 9.17) is 0 Å². The van der Waals surface area contributed by atoms with E-state index in [9.17, 15) is 9.90 Å². The van der Waals surface area contributed by atoms with Crippen LogP contribution in [-0.2, 0) is 11.8 Å². The number of hydrogen-bond donors (Lipinski definition) is 1. The highest BCUT2D eigenvalue weighted by Crippen LogP contribution is 2.66. The molecule has 0 aromatic carbocycles. The van der Waals surface area contributed by atoms with E-state index in [2.05, 4.69) is 31.9 Å². The maximum atomic E-state index is 13.6. The van der Waals surface area contributed by atoms with Gasteiger partial charge in [-0.2, -0.15) is 5.10 Å². The fraction of sp³-hybridized carbons (Fsp3) is 0.769. The molecule has 1 aromatic heterocycles. The second kappa shape index (κ2) is 6.79. The lowest BCUT2D eigenvalue weighted by molar-refractivity contribution is -0.141. The molecule has 7 atom stereocenters. The van der Waals surface area contributed by atoms with Gasteiger partial charge in [-0.05, 0) is 106 Å². The van der Waals surface area contributed by atoms with E-state index in [1.54, 1.807) is 0 Å². The van der Waals surface area contributed by atoms with E-state index in [1.807, 2.05) is 18.7 Å². The number of aryl methyl sites for hydroxylation is 2. The first-order chi connectivity index (χ1) is 14.1. The predicted molar refractivity (Wildman–Crippen MR) is 119 cm³/mol. The molecule has 164 valence electrons. The van der Waals surface area contributed by atoms with Crippen LogP contribution in [0.4, 0.5) is 0 Å². The number of ketones is 1. The summed E-state index contributed by atoms with van der Waals surface area (Å²) in [6.45, 7) is 8.91. The number of rotatable bonds is 1. The van der Waals surface area contributed by atoms with Crippen molar-refractivity contribution in [3.63, 3.8) is 0 Å². The van der Waals surface area contributed by atoms with Gasteiger partial charge in [-0.1, -0.05) is 13.8 Å². The lowest BCUT2D eigenvalue weighted by Crippen LogP contribution is -2.54. The molecule has 0 aliphatic heterocycles. The van der Waals surface area contributed by atoms with Crippen LogP contribution in [-0.4, -0.2) is 26.8 Å². The monoisotopic (exact) mass is 410 g/mol. The highest BCUT2D eigenvalue weighted by Gasteiger charge is 2.61. The zero-order valence-corrected chi connectivity index (χ0v) is 19.4. The largest absolute Gasteiger partial charge is 0.393 e. The van der Waals surface area contributed by atoms with Crippen molar-refractivity contribution >= 4 is 11.9 Å². The zero-order chi connectivity index (χ0) is 21.4. The molecule has 4 heteroatoms. The van der Waals surface area contributed by atoms with Gasteiger partial charge in [0, 0.05) is 23.7 Å². The van der Waals surface area contributed by atoms with Gasteiger partial charge in [-0.3, -0.25) is 9.48 Å². The Morgan fingerprint density at radius 3 is 2.57 bits per heavy atom. The summed E-state index contributed by atoms with van der Waals surface area (Å²) in [5.41, 5.74) is 4.50. The van der Waals surface area contributed by atoms with Crippen molar-refractivity contribution in [2.75, 3.05) is 0 Å². The van der Waals surface area contributed by atoms with Gasteiger partial charge >= 0.3 is 0 Å². The minimum atomic E-state index is -0.186. The zero-order valence-electron chi connectivity index (χ0n) is 19.4. The highest BCUT2D eigenvalue weighted by molar-refractivity contribution is 6.06. The predicted octanol–water partition coefficient (Wildman–Crippen LogP) is 5.00. The topological polar surface area (TPSA) is 55.1 Å². The number of aromatic nitrogens is 2. The Labute approximate surface area is 181 Å². The molecule has 0 amide bonds. The van der Waals surface area contributed by atoms with Crippen molar-refractivity contribution in [1.29, 1.82) is 0 Å². The molecule has 4 aliphatic carbocycles. The summed E-state index contributed by atoms with van der Waals surface area (Å²) in [5.74, 6) is 2.93. The lowest BCUT2D eigenvalue weighted by Gasteiger charge is -2.59. The first-order valence-electron chi connectivity index (χ1n) is 12.1. The molecule has 1 aromatic rings. The summed E-state index contributed by atoms with van der Waals surface area (Å²) < 4.78 is 1.92. The number of allylic oxidation sites excluding steroid dienone is 1. The third-order valence-corrected chi connectivity index (χ3v) is 10.2. The summed E-state index contributed by atoms with van der Waals surface area (Å²) in [5, 5.41) is 14.8. The number of Topliss-reactive ketones (excluding diaryl/α,β-unsaturated/α-hetero) is 1. The first kappa shape index (κ1) is 20.5. The Hall–Kier alpha value is -1.42. The van der Waals surface area contributed by atoms with Crippen LogP contribution < -0.4 is 0 Å². The van der Waals surface area contributed by atoms with E-state index in [0.29, 0.717) is 29.0 Å². The van der Waals surface area contributed by atoms with Gasteiger partial charge < -0.3 is 5.11 Å². The molecule has 0 bridgehead atoms. The number of hydrogen-bond acceptors (Lipinski definition) is 3. The molecular formula is C26H38N2O2. The molecule has 4 fully saturated rings. The standard InChI is InChI=1S/C26H38N2O2/c1-15-21(16(2)28(5)27-15)12-17-13-23-20-7-6-18-14-19(29)8-10-25(18,3)22(20)9-11-26(23,4)24(17)30/h12,18-20,22-23,29H,6-11,13-14H2,1-5H3/b17-12-/t18-,19-,20-,22-,23-,25+,26+/m1/s1. The summed E-state index contributed by atoms with van der Waals surface area (Å²) in [6, 6.07) is 0. The van der Waals surface area contributed by atoms with Crippen LogP contribution >= 0.6 is 0 Å². The van der Waals surface area contributed by atoms with Crippen molar-refractivity contribution in [2.24, 2.45) is 41.5 Å². The van der Waals surface area contributed by atoms with Gasteiger partial charge in [0.1, 0.15) is 0 Å². The van der Waals surface area contributed by atoms with E-state index in [1.165, 1.54) is 19.3 Å². The highest BCUT2D eigenvalue weighted by atomic mass is 16.3. The van der Waals surface area contributed by atoms with Crippen LogP contribution in [0.5, 0.6) is 0 Å². The van der Waals surface area contributed by atoms with E-state index in [0.717, 1.165) is 60.5 Å². The number of aliphatic hydroxyl groups is 1. The third-order valence-electron chi connectivity index (χ3n) is 10.2. The fourth-order valence-electron chi connectivity index (χ4n) is 8.21. The Balaban J connectivity index is 1.47. The van der Waals surface area contributed by atoms with Crippen LogP contribution in [0.25, 0.3) is 6.08 Å². The molecule has 30 heavy (non-hydrogen) atoms. The van der Waals surface area contributed by atoms with E-state index >= 15 is 0 Å². The summed E-state index contributed by atoms with van der Waals surface area (Å²) in [4.78, 5) is 13.6. The smallest absolute Gasteiger partial charge is 0.165 e. The molecule has 0 radical (unpaired) electrons. The van der Waals surface area contributed by atoms with Gasteiger partial charge in [0.25, 0.3) is 0 Å². The molecule has 0 saturated heterocycles. The molecule has 4 nitrogen and oxygen atoms in total. The average Bonchev–Trinajstić information content (AvgIpc) is 3.10. The van der Waals surface area contributed by atoms with Crippen LogP contribution in [0.15, 0.2) is 5.57 Å². The van der Waals surface area contributed by atoms with Gasteiger partial charge in [0.15, 0.2) is 5.78 Å². The average molecular weight is 411 g/mol. The van der Waals surface area contributed by atoms with Crippen molar-refractivity contribution in [1.82, 2.24) is 9.78 Å². The van der Waals surface area contributed by atoms with Crippen molar-refractivity contribution in [3.8, 4) is 0 Å². The second-order valence-corrected chi connectivity index (χ2v) is 11.5. The van der Waals surface area contributed by atoms with Crippen LogP contribution in [0.3, 0.4) is 0 Å². The van der Waals surface area contributed by atoms with Crippen molar-refractivity contribution in [3.05, 3.63) is 22.5 Å². The molecule has 1 heterocycles. The SMILES string of the molecule is Cc1nn(C)c(C)c1/C=C1/C[C@@H]2[C@@H]3CC[C@@H]4C[C@H](O)CC[C@]4(C)[C@@H]3CC[C@]2(C)C1=O. The number of fused-ring (bicyclic) bond motifs is 5. The number of aliphatic hydroxyl groups excluding tert-OH is 1. The van der Waals surface area contributed by atoms with Crippen LogP contribution in [0.1, 0.15) is 82.2 Å². The summed E-state index contributed by atoms with van der Waals surface area (Å²) >= 11 is 0. The number of nitrogens with zero attached hydrogens (tertiary/aromatic N) is 2. The third kappa shape index (κ3) is 2.75. The first-order valence-corrected chi connectivity index (χ1v) is 12.1. The Kier molecular flexibility index (Phi) is 4.63. The van der Waals surface area contributed by atoms with Crippen molar-refractivity contribution < 1.29 is 9.90 Å². The van der Waals surface area contributed by atoms with E-state index < -0.39 is 0 Å². The molecular weight excluding hydrogens is 372 g/mol. The fourth-order valence-corrected chi connectivity index (χ4v) is 8.21. The number of carbonyl (C=O) groups excluding carboxylic acids is 1. The molecule has 5 rings (SSSR count). The van der Waals surface area contributed by atoms with Gasteiger partial charge in [0.05, 0.1) is 11.8 Å². The second-order valence-electron chi connectivity index (χ2n) is 11.5. The Morgan fingerprint density at radius 2 is 1.87 bits per heavy atom.